The third-order valence-electron chi connectivity index (χ3n) is 1.93. The standard InChI is InChI=1S/C10H10N2O2S/c1-7-6-15-10(11-7)12(2)9(13)8-4-3-5-14-8/h3-6H,1-2H3. The first-order valence-electron chi connectivity index (χ1n) is 4.42. The second kappa shape index (κ2) is 3.86. The second-order valence-electron chi connectivity index (χ2n) is 3.11. The third-order valence-corrected chi connectivity index (χ3v) is 2.97. The number of carbonyl (C=O) groups excluding carboxylic acids is 1. The molecule has 5 heteroatoms. The van der Waals surface area contributed by atoms with Gasteiger partial charge in [-0.3, -0.25) is 9.69 Å². The zero-order chi connectivity index (χ0) is 10.8. The van der Waals surface area contributed by atoms with E-state index < -0.39 is 0 Å². The molecule has 0 aromatic carbocycles. The van der Waals surface area contributed by atoms with Crippen molar-refractivity contribution in [3.05, 3.63) is 35.2 Å². The molecule has 4 nitrogen and oxygen atoms in total. The molecule has 2 rings (SSSR count). The maximum absolute atomic E-state index is 11.8. The molecule has 15 heavy (non-hydrogen) atoms. The minimum Gasteiger partial charge on any atom is -0.459 e. The average molecular weight is 222 g/mol. The van der Waals surface area contributed by atoms with Gasteiger partial charge in [-0.15, -0.1) is 11.3 Å². The molecule has 0 atom stereocenters. The van der Waals surface area contributed by atoms with Crippen LogP contribution in [-0.2, 0) is 0 Å². The number of hydrogen-bond acceptors (Lipinski definition) is 4. The van der Waals surface area contributed by atoms with Crippen molar-refractivity contribution in [2.75, 3.05) is 11.9 Å². The molecule has 0 spiro atoms. The van der Waals surface area contributed by atoms with Gasteiger partial charge in [-0.1, -0.05) is 0 Å². The summed E-state index contributed by atoms with van der Waals surface area (Å²) in [6.45, 7) is 1.89. The number of furan rings is 1. The lowest BCUT2D eigenvalue weighted by Crippen LogP contribution is -2.25. The highest BCUT2D eigenvalue weighted by Gasteiger charge is 2.17. The Balaban J connectivity index is 2.22. The van der Waals surface area contributed by atoms with Gasteiger partial charge in [0, 0.05) is 12.4 Å². The van der Waals surface area contributed by atoms with Crippen LogP contribution in [0.15, 0.2) is 28.2 Å². The lowest BCUT2D eigenvalue weighted by molar-refractivity contribution is 0.0966. The Kier molecular flexibility index (Phi) is 2.55. The van der Waals surface area contributed by atoms with E-state index in [4.69, 9.17) is 4.42 Å². The SMILES string of the molecule is Cc1csc(N(C)C(=O)c2ccco2)n1. The van der Waals surface area contributed by atoms with Crippen LogP contribution in [0.1, 0.15) is 16.2 Å². The fourth-order valence-corrected chi connectivity index (χ4v) is 1.91. The van der Waals surface area contributed by atoms with E-state index in [9.17, 15) is 4.79 Å². The number of carbonyl (C=O) groups is 1. The Hall–Kier alpha value is -1.62. The van der Waals surface area contributed by atoms with Crippen molar-refractivity contribution in [1.82, 2.24) is 4.98 Å². The molecule has 0 unspecified atom stereocenters. The molecule has 0 aliphatic rings. The summed E-state index contributed by atoms with van der Waals surface area (Å²) >= 11 is 1.44. The highest BCUT2D eigenvalue weighted by atomic mass is 32.1. The number of amides is 1. The number of anilines is 1. The van der Waals surface area contributed by atoms with E-state index in [0.717, 1.165) is 5.69 Å². The molecule has 0 fully saturated rings. The second-order valence-corrected chi connectivity index (χ2v) is 3.95. The van der Waals surface area contributed by atoms with Gasteiger partial charge in [-0.2, -0.15) is 0 Å². The van der Waals surface area contributed by atoms with Crippen LogP contribution in [0.2, 0.25) is 0 Å². The van der Waals surface area contributed by atoms with Crippen molar-refractivity contribution >= 4 is 22.4 Å². The van der Waals surface area contributed by atoms with Gasteiger partial charge in [-0.25, -0.2) is 4.98 Å². The van der Waals surface area contributed by atoms with Gasteiger partial charge in [-0.05, 0) is 19.1 Å². The van der Waals surface area contributed by atoms with Crippen LogP contribution in [0.25, 0.3) is 0 Å². The summed E-state index contributed by atoms with van der Waals surface area (Å²) < 4.78 is 5.03. The maximum atomic E-state index is 11.8. The van der Waals surface area contributed by atoms with Gasteiger partial charge >= 0.3 is 0 Å². The molecular weight excluding hydrogens is 212 g/mol. The van der Waals surface area contributed by atoms with Gasteiger partial charge in [0.1, 0.15) is 0 Å². The highest BCUT2D eigenvalue weighted by Crippen LogP contribution is 2.20. The lowest BCUT2D eigenvalue weighted by Gasteiger charge is -2.11. The monoisotopic (exact) mass is 222 g/mol. The van der Waals surface area contributed by atoms with Crippen LogP contribution in [0.5, 0.6) is 0 Å². The van der Waals surface area contributed by atoms with Crippen LogP contribution in [0, 0.1) is 6.92 Å². The fourth-order valence-electron chi connectivity index (χ4n) is 1.15. The van der Waals surface area contributed by atoms with Crippen LogP contribution in [0.4, 0.5) is 5.13 Å². The predicted octanol–water partition coefficient (Wildman–Crippen LogP) is 2.32. The molecule has 0 aliphatic heterocycles. The number of thiazole rings is 1. The summed E-state index contributed by atoms with van der Waals surface area (Å²) in [5, 5.41) is 2.58. The van der Waals surface area contributed by atoms with Crippen LogP contribution in [-0.4, -0.2) is 17.9 Å². The molecule has 0 radical (unpaired) electrons. The summed E-state index contributed by atoms with van der Waals surface area (Å²) in [7, 11) is 1.68. The van der Waals surface area contributed by atoms with Crippen molar-refractivity contribution in [2.24, 2.45) is 0 Å². The van der Waals surface area contributed by atoms with Crippen LogP contribution in [0.3, 0.4) is 0 Å². The smallest absolute Gasteiger partial charge is 0.295 e. The van der Waals surface area contributed by atoms with E-state index in [-0.39, 0.29) is 5.91 Å². The molecular formula is C10H10N2O2S. The van der Waals surface area contributed by atoms with Gasteiger partial charge < -0.3 is 4.42 Å². The average Bonchev–Trinajstić information content (AvgIpc) is 2.85. The molecule has 0 aliphatic carbocycles. The number of aryl methyl sites for hydroxylation is 1. The van der Waals surface area contributed by atoms with E-state index in [1.54, 1.807) is 19.2 Å². The number of hydrogen-bond donors (Lipinski definition) is 0. The fraction of sp³-hybridized carbons (Fsp3) is 0.200. The van der Waals surface area contributed by atoms with E-state index >= 15 is 0 Å². The zero-order valence-electron chi connectivity index (χ0n) is 8.43. The van der Waals surface area contributed by atoms with Crippen molar-refractivity contribution in [2.45, 2.75) is 6.92 Å². The van der Waals surface area contributed by atoms with Crippen molar-refractivity contribution in [1.29, 1.82) is 0 Å². The Morgan fingerprint density at radius 3 is 2.93 bits per heavy atom. The minimum absolute atomic E-state index is 0.186. The van der Waals surface area contributed by atoms with Gasteiger partial charge in [0.15, 0.2) is 10.9 Å². The number of nitrogens with zero attached hydrogens (tertiary/aromatic N) is 2. The zero-order valence-corrected chi connectivity index (χ0v) is 9.25. The van der Waals surface area contributed by atoms with E-state index in [1.807, 2.05) is 12.3 Å². The van der Waals surface area contributed by atoms with Crippen molar-refractivity contribution in [3.8, 4) is 0 Å². The normalized spacial score (nSPS) is 10.3. The summed E-state index contributed by atoms with van der Waals surface area (Å²) in [4.78, 5) is 17.5. The maximum Gasteiger partial charge on any atom is 0.295 e. The summed E-state index contributed by atoms with van der Waals surface area (Å²) in [5.74, 6) is 0.139. The molecule has 2 aromatic heterocycles. The van der Waals surface area contributed by atoms with Gasteiger partial charge in [0.2, 0.25) is 0 Å². The van der Waals surface area contributed by atoms with Gasteiger partial charge in [0.25, 0.3) is 5.91 Å². The van der Waals surface area contributed by atoms with Crippen molar-refractivity contribution < 1.29 is 9.21 Å². The quantitative estimate of drug-likeness (QED) is 0.783. The molecule has 0 saturated heterocycles. The van der Waals surface area contributed by atoms with Gasteiger partial charge in [0.05, 0.1) is 12.0 Å². The first kappa shape index (κ1) is 9.92. The molecule has 0 N–H and O–H groups in total. The molecule has 78 valence electrons. The Morgan fingerprint density at radius 1 is 1.60 bits per heavy atom. The summed E-state index contributed by atoms with van der Waals surface area (Å²) in [6, 6.07) is 3.33. The largest absolute Gasteiger partial charge is 0.459 e. The molecule has 2 aromatic rings. The summed E-state index contributed by atoms with van der Waals surface area (Å²) in [5.41, 5.74) is 0.911. The first-order chi connectivity index (χ1) is 7.18. The van der Waals surface area contributed by atoms with E-state index in [1.165, 1.54) is 22.5 Å². The first-order valence-corrected chi connectivity index (χ1v) is 5.30. The number of rotatable bonds is 2. The molecule has 0 bridgehead atoms. The molecule has 1 amide bonds. The molecule has 2 heterocycles. The van der Waals surface area contributed by atoms with E-state index in [0.29, 0.717) is 10.9 Å². The van der Waals surface area contributed by atoms with Crippen LogP contribution < -0.4 is 4.90 Å². The minimum atomic E-state index is -0.186. The highest BCUT2D eigenvalue weighted by molar-refractivity contribution is 7.14. The van der Waals surface area contributed by atoms with Crippen LogP contribution >= 0.6 is 11.3 Å². The summed E-state index contributed by atoms with van der Waals surface area (Å²) in [6.07, 6.45) is 1.48. The Bertz CT molecular complexity index is 461. The molecule has 0 saturated carbocycles. The van der Waals surface area contributed by atoms with Crippen molar-refractivity contribution in [3.63, 3.8) is 0 Å². The Labute approximate surface area is 91.2 Å². The lowest BCUT2D eigenvalue weighted by atomic mass is 10.4. The van der Waals surface area contributed by atoms with E-state index in [2.05, 4.69) is 4.98 Å². The third kappa shape index (κ3) is 1.92. The Morgan fingerprint density at radius 2 is 2.40 bits per heavy atom. The topological polar surface area (TPSA) is 46.3 Å². The number of aromatic nitrogens is 1. The predicted molar refractivity (Wildman–Crippen MR) is 58.3 cm³/mol.